The zero-order valence-corrected chi connectivity index (χ0v) is 16.0. The Labute approximate surface area is 157 Å². The molecule has 0 atom stereocenters. The number of carbonyl (C=O) groups excluding carboxylic acids is 2. The number of carbonyl (C=O) groups is 2. The second-order valence-corrected chi connectivity index (χ2v) is 7.74. The quantitative estimate of drug-likeness (QED) is 0.873. The van der Waals surface area contributed by atoms with Crippen molar-refractivity contribution < 1.29 is 9.59 Å². The predicted octanol–water partition coefficient (Wildman–Crippen LogP) is 2.14. The van der Waals surface area contributed by atoms with Crippen LogP contribution in [0.5, 0.6) is 0 Å². The van der Waals surface area contributed by atoms with E-state index in [-0.39, 0.29) is 11.8 Å². The molecule has 2 amide bonds. The van der Waals surface area contributed by atoms with E-state index in [1.165, 1.54) is 22.5 Å². The number of aryl methyl sites for hydroxylation is 1. The van der Waals surface area contributed by atoms with Gasteiger partial charge in [0.25, 0.3) is 0 Å². The van der Waals surface area contributed by atoms with Gasteiger partial charge in [0.15, 0.2) is 5.13 Å². The van der Waals surface area contributed by atoms with Gasteiger partial charge >= 0.3 is 0 Å². The molecule has 6 nitrogen and oxygen atoms in total. The molecule has 2 heterocycles. The van der Waals surface area contributed by atoms with E-state index in [0.29, 0.717) is 24.8 Å². The second kappa shape index (κ2) is 8.42. The summed E-state index contributed by atoms with van der Waals surface area (Å²) in [6.07, 6.45) is 2.65. The first-order valence-electron chi connectivity index (χ1n) is 8.77. The standard InChI is InChI=1S/C19H24N4O2S/c1-14-4-3-5-16(10-14)11-17-12-20-19(26-17)21-18(25)13-22-6-8-23(9-7-22)15(2)24/h3-5,10,12H,6-9,11,13H2,1-2H3,(H,20,21,25). The largest absolute Gasteiger partial charge is 0.340 e. The van der Waals surface area contributed by atoms with Crippen LogP contribution in [0.25, 0.3) is 0 Å². The van der Waals surface area contributed by atoms with Gasteiger partial charge in [0.05, 0.1) is 6.54 Å². The summed E-state index contributed by atoms with van der Waals surface area (Å²) in [6.45, 7) is 6.81. The van der Waals surface area contributed by atoms with Crippen LogP contribution in [0.4, 0.5) is 5.13 Å². The molecule has 7 heteroatoms. The first kappa shape index (κ1) is 18.5. The molecule has 1 aromatic heterocycles. The van der Waals surface area contributed by atoms with Crippen molar-refractivity contribution in [3.63, 3.8) is 0 Å². The number of amides is 2. The minimum Gasteiger partial charge on any atom is -0.340 e. The van der Waals surface area contributed by atoms with Crippen molar-refractivity contribution >= 4 is 28.3 Å². The van der Waals surface area contributed by atoms with Gasteiger partial charge in [-0.1, -0.05) is 29.8 Å². The average Bonchev–Trinajstić information content (AvgIpc) is 3.02. The first-order chi connectivity index (χ1) is 12.5. The number of piperazine rings is 1. The molecule has 0 radical (unpaired) electrons. The molecule has 1 fully saturated rings. The van der Waals surface area contributed by atoms with Crippen molar-refractivity contribution in [3.8, 4) is 0 Å². The molecule has 3 rings (SSSR count). The highest BCUT2D eigenvalue weighted by molar-refractivity contribution is 7.15. The van der Waals surface area contributed by atoms with Crippen molar-refractivity contribution in [3.05, 3.63) is 46.5 Å². The molecule has 1 N–H and O–H groups in total. The number of aromatic nitrogens is 1. The Hall–Kier alpha value is -2.25. The summed E-state index contributed by atoms with van der Waals surface area (Å²) in [6, 6.07) is 8.41. The number of thiazole rings is 1. The molecule has 0 bridgehead atoms. The third kappa shape index (κ3) is 5.12. The van der Waals surface area contributed by atoms with Crippen molar-refractivity contribution in [2.75, 3.05) is 38.0 Å². The lowest BCUT2D eigenvalue weighted by Gasteiger charge is -2.33. The highest BCUT2D eigenvalue weighted by atomic mass is 32.1. The molecular weight excluding hydrogens is 348 g/mol. The third-order valence-corrected chi connectivity index (χ3v) is 5.36. The topological polar surface area (TPSA) is 65.5 Å². The first-order valence-corrected chi connectivity index (χ1v) is 9.59. The maximum absolute atomic E-state index is 12.2. The van der Waals surface area contributed by atoms with Crippen molar-refractivity contribution in [1.29, 1.82) is 0 Å². The van der Waals surface area contributed by atoms with Crippen LogP contribution in [0.1, 0.15) is 22.9 Å². The molecule has 138 valence electrons. The summed E-state index contributed by atoms with van der Waals surface area (Å²) >= 11 is 1.51. The van der Waals surface area contributed by atoms with Crippen LogP contribution in [-0.4, -0.2) is 59.3 Å². The maximum Gasteiger partial charge on any atom is 0.240 e. The van der Waals surface area contributed by atoms with Crippen molar-refractivity contribution in [2.45, 2.75) is 20.3 Å². The van der Waals surface area contributed by atoms with E-state index in [1.807, 2.05) is 11.1 Å². The number of anilines is 1. The van der Waals surface area contributed by atoms with Gasteiger partial charge in [-0.2, -0.15) is 0 Å². The van der Waals surface area contributed by atoms with Crippen LogP contribution >= 0.6 is 11.3 Å². The Morgan fingerprint density at radius 1 is 1.23 bits per heavy atom. The number of hydrogen-bond acceptors (Lipinski definition) is 5. The van der Waals surface area contributed by atoms with Crippen LogP contribution in [0.3, 0.4) is 0 Å². The van der Waals surface area contributed by atoms with Gasteiger partial charge in [-0.15, -0.1) is 11.3 Å². The van der Waals surface area contributed by atoms with Crippen molar-refractivity contribution in [2.24, 2.45) is 0 Å². The highest BCUT2D eigenvalue weighted by Gasteiger charge is 2.20. The lowest BCUT2D eigenvalue weighted by Crippen LogP contribution is -2.49. The monoisotopic (exact) mass is 372 g/mol. The Morgan fingerprint density at radius 2 is 2.00 bits per heavy atom. The summed E-state index contributed by atoms with van der Waals surface area (Å²) in [5.41, 5.74) is 2.49. The van der Waals surface area contributed by atoms with E-state index >= 15 is 0 Å². The summed E-state index contributed by atoms with van der Waals surface area (Å²) in [7, 11) is 0. The summed E-state index contributed by atoms with van der Waals surface area (Å²) in [5.74, 6) is 0.0377. The zero-order chi connectivity index (χ0) is 18.5. The molecule has 1 saturated heterocycles. The SMILES string of the molecule is CC(=O)N1CCN(CC(=O)Nc2ncc(Cc3cccc(C)c3)s2)CC1. The van der Waals surface area contributed by atoms with Crippen LogP contribution in [-0.2, 0) is 16.0 Å². The van der Waals surface area contributed by atoms with Gasteiger partial charge in [0, 0.05) is 50.6 Å². The van der Waals surface area contributed by atoms with Gasteiger partial charge in [0.2, 0.25) is 11.8 Å². The van der Waals surface area contributed by atoms with Crippen molar-refractivity contribution in [1.82, 2.24) is 14.8 Å². The molecule has 26 heavy (non-hydrogen) atoms. The molecule has 1 aromatic carbocycles. The Kier molecular flexibility index (Phi) is 6.00. The van der Waals surface area contributed by atoms with Gasteiger partial charge < -0.3 is 10.2 Å². The van der Waals surface area contributed by atoms with Gasteiger partial charge in [-0.25, -0.2) is 4.98 Å². The molecule has 0 spiro atoms. The number of rotatable bonds is 5. The van der Waals surface area contributed by atoms with E-state index in [1.54, 1.807) is 6.92 Å². The van der Waals surface area contributed by atoms with Crippen LogP contribution in [0.15, 0.2) is 30.5 Å². The van der Waals surface area contributed by atoms with Gasteiger partial charge in [0.1, 0.15) is 0 Å². The van der Waals surface area contributed by atoms with E-state index in [4.69, 9.17) is 0 Å². The smallest absolute Gasteiger partial charge is 0.240 e. The fraction of sp³-hybridized carbons (Fsp3) is 0.421. The lowest BCUT2D eigenvalue weighted by atomic mass is 10.1. The lowest BCUT2D eigenvalue weighted by molar-refractivity contribution is -0.130. The normalized spacial score (nSPS) is 15.1. The van der Waals surface area contributed by atoms with Crippen LogP contribution < -0.4 is 5.32 Å². The summed E-state index contributed by atoms with van der Waals surface area (Å²) in [4.78, 5) is 32.9. The fourth-order valence-corrected chi connectivity index (χ4v) is 3.92. The molecule has 0 aliphatic carbocycles. The average molecular weight is 372 g/mol. The second-order valence-electron chi connectivity index (χ2n) is 6.63. The van der Waals surface area contributed by atoms with E-state index < -0.39 is 0 Å². The molecule has 1 aliphatic heterocycles. The summed E-state index contributed by atoms with van der Waals surface area (Å²) < 4.78 is 0. The minimum absolute atomic E-state index is 0.0577. The van der Waals surface area contributed by atoms with Gasteiger partial charge in [-0.05, 0) is 12.5 Å². The number of nitrogens with one attached hydrogen (secondary N) is 1. The third-order valence-electron chi connectivity index (χ3n) is 4.45. The predicted molar refractivity (Wildman–Crippen MR) is 103 cm³/mol. The van der Waals surface area contributed by atoms with E-state index in [2.05, 4.69) is 46.4 Å². The fourth-order valence-electron chi connectivity index (χ4n) is 3.05. The molecule has 1 aliphatic rings. The molecule has 0 saturated carbocycles. The number of nitrogens with zero attached hydrogens (tertiary/aromatic N) is 3. The Morgan fingerprint density at radius 3 is 2.69 bits per heavy atom. The molecule has 2 aromatic rings. The minimum atomic E-state index is -0.0577. The van der Waals surface area contributed by atoms with Crippen LogP contribution in [0, 0.1) is 6.92 Å². The number of hydrogen-bond donors (Lipinski definition) is 1. The van der Waals surface area contributed by atoms with E-state index in [0.717, 1.165) is 24.4 Å². The van der Waals surface area contributed by atoms with E-state index in [9.17, 15) is 9.59 Å². The van der Waals surface area contributed by atoms with Gasteiger partial charge in [-0.3, -0.25) is 14.5 Å². The Bertz CT molecular complexity index is 781. The highest BCUT2D eigenvalue weighted by Crippen LogP contribution is 2.21. The zero-order valence-electron chi connectivity index (χ0n) is 15.2. The number of benzene rings is 1. The van der Waals surface area contributed by atoms with Crippen LogP contribution in [0.2, 0.25) is 0 Å². The summed E-state index contributed by atoms with van der Waals surface area (Å²) in [5, 5.41) is 3.53. The maximum atomic E-state index is 12.2. The molecular formula is C19H24N4O2S. The Balaban J connectivity index is 1.48. The molecule has 0 unspecified atom stereocenters.